The summed E-state index contributed by atoms with van der Waals surface area (Å²) in [5.74, 6) is 0.905. The number of ether oxygens (including phenoxy) is 2. The van der Waals surface area contributed by atoms with Gasteiger partial charge in [0.05, 0.1) is 6.42 Å². The van der Waals surface area contributed by atoms with E-state index in [0.29, 0.717) is 40.4 Å². The number of nitrogens with one attached hydrogen (secondary N) is 1. The highest BCUT2D eigenvalue weighted by Gasteiger charge is 2.42. The maximum atomic E-state index is 12.9. The molecule has 2 amide bonds. The van der Waals surface area contributed by atoms with Crippen molar-refractivity contribution in [1.29, 1.82) is 0 Å². The summed E-state index contributed by atoms with van der Waals surface area (Å²) in [7, 11) is 0. The Morgan fingerprint density at radius 1 is 1.20 bits per heavy atom. The number of amides is 2. The number of fused-ring (bicyclic) bond motifs is 1. The number of benzene rings is 2. The van der Waals surface area contributed by atoms with Gasteiger partial charge in [0, 0.05) is 23.8 Å². The average Bonchev–Trinajstić information content (AvgIpc) is 3.27. The lowest BCUT2D eigenvalue weighted by Crippen LogP contribution is -2.37. The molecule has 1 saturated heterocycles. The first-order chi connectivity index (χ1) is 14.5. The van der Waals surface area contributed by atoms with Gasteiger partial charge in [0.2, 0.25) is 12.7 Å². The molecule has 9 heteroatoms. The van der Waals surface area contributed by atoms with Crippen LogP contribution in [-0.2, 0) is 16.1 Å². The summed E-state index contributed by atoms with van der Waals surface area (Å²) < 4.78 is 10.8. The number of nitrogens with zero attached hydrogens (tertiary/aromatic N) is 2. The molecular formula is C21H20ClN3O4S. The molecule has 4 rings (SSSR count). The summed E-state index contributed by atoms with van der Waals surface area (Å²) in [6.45, 7) is 2.89. The van der Waals surface area contributed by atoms with Crippen LogP contribution in [0, 0.1) is 0 Å². The number of anilines is 1. The molecule has 0 bridgehead atoms. The largest absolute Gasteiger partial charge is 0.454 e. The zero-order chi connectivity index (χ0) is 21.3. The highest BCUT2D eigenvalue weighted by atomic mass is 35.5. The van der Waals surface area contributed by atoms with Crippen LogP contribution in [-0.4, -0.2) is 46.1 Å². The Bertz CT molecular complexity index is 998. The first-order valence-electron chi connectivity index (χ1n) is 9.52. The van der Waals surface area contributed by atoms with E-state index >= 15 is 0 Å². The van der Waals surface area contributed by atoms with E-state index in [-0.39, 0.29) is 25.0 Å². The molecule has 2 aromatic carbocycles. The van der Waals surface area contributed by atoms with Crippen molar-refractivity contribution in [2.24, 2.45) is 0 Å². The minimum Gasteiger partial charge on any atom is -0.454 e. The van der Waals surface area contributed by atoms with E-state index in [4.69, 9.17) is 33.3 Å². The van der Waals surface area contributed by atoms with Gasteiger partial charge in [-0.05, 0) is 61.1 Å². The summed E-state index contributed by atoms with van der Waals surface area (Å²) in [5, 5.41) is 3.81. The van der Waals surface area contributed by atoms with Crippen LogP contribution < -0.4 is 14.8 Å². The standard InChI is InChI=1S/C21H20ClN3O4S/c1-2-24-20(27)16(10-19(26)23-15-6-4-14(22)5-7-15)25(21(24)30)11-13-3-8-17-18(9-13)29-12-28-17/h3-9,16H,2,10-12H2,1H3,(H,23,26). The molecule has 7 nitrogen and oxygen atoms in total. The van der Waals surface area contributed by atoms with E-state index in [2.05, 4.69) is 5.32 Å². The highest BCUT2D eigenvalue weighted by molar-refractivity contribution is 7.80. The third-order valence-corrected chi connectivity index (χ3v) is 5.72. The Labute approximate surface area is 184 Å². The van der Waals surface area contributed by atoms with Crippen LogP contribution in [0.15, 0.2) is 42.5 Å². The van der Waals surface area contributed by atoms with Gasteiger partial charge in [-0.25, -0.2) is 0 Å². The second-order valence-electron chi connectivity index (χ2n) is 6.96. The molecule has 0 aromatic heterocycles. The quantitative estimate of drug-likeness (QED) is 0.687. The van der Waals surface area contributed by atoms with Crippen molar-refractivity contribution in [3.63, 3.8) is 0 Å². The molecule has 0 spiro atoms. The van der Waals surface area contributed by atoms with Crippen LogP contribution in [0.1, 0.15) is 18.9 Å². The Morgan fingerprint density at radius 2 is 1.93 bits per heavy atom. The number of hydrogen-bond acceptors (Lipinski definition) is 5. The van der Waals surface area contributed by atoms with Gasteiger partial charge in [-0.15, -0.1) is 0 Å². The maximum Gasteiger partial charge on any atom is 0.252 e. The maximum absolute atomic E-state index is 12.9. The fourth-order valence-corrected chi connectivity index (χ4v) is 4.06. The average molecular weight is 446 g/mol. The van der Waals surface area contributed by atoms with Crippen LogP contribution in [0.25, 0.3) is 0 Å². The molecule has 2 aliphatic heterocycles. The molecule has 2 aliphatic rings. The number of likely N-dealkylation sites (N-methyl/N-ethyl adjacent to an activating group) is 1. The molecule has 0 radical (unpaired) electrons. The number of carbonyl (C=O) groups excluding carboxylic acids is 2. The molecule has 1 atom stereocenters. The van der Waals surface area contributed by atoms with Crippen molar-refractivity contribution in [3.8, 4) is 11.5 Å². The van der Waals surface area contributed by atoms with Crippen molar-refractivity contribution in [3.05, 3.63) is 53.1 Å². The Kier molecular flexibility index (Phi) is 5.78. The second-order valence-corrected chi connectivity index (χ2v) is 7.76. The molecule has 0 aliphatic carbocycles. The van der Waals surface area contributed by atoms with Gasteiger partial charge in [0.1, 0.15) is 6.04 Å². The number of rotatable bonds is 6. The van der Waals surface area contributed by atoms with E-state index in [9.17, 15) is 9.59 Å². The molecule has 1 unspecified atom stereocenters. The minimum absolute atomic E-state index is 0.0113. The van der Waals surface area contributed by atoms with Gasteiger partial charge in [0.15, 0.2) is 16.6 Å². The van der Waals surface area contributed by atoms with E-state index in [0.717, 1.165) is 5.56 Å². The molecule has 0 saturated carbocycles. The normalized spacial score (nSPS) is 17.6. The van der Waals surface area contributed by atoms with Crippen LogP contribution in [0.2, 0.25) is 5.02 Å². The molecule has 2 aromatic rings. The molecule has 30 heavy (non-hydrogen) atoms. The third kappa shape index (κ3) is 4.06. The van der Waals surface area contributed by atoms with Gasteiger partial charge in [-0.1, -0.05) is 17.7 Å². The van der Waals surface area contributed by atoms with E-state index < -0.39 is 6.04 Å². The molecule has 2 heterocycles. The Hall–Kier alpha value is -2.84. The third-order valence-electron chi connectivity index (χ3n) is 5.02. The number of carbonyl (C=O) groups is 2. The van der Waals surface area contributed by atoms with Crippen LogP contribution in [0.3, 0.4) is 0 Å². The first kappa shape index (κ1) is 20.4. The van der Waals surface area contributed by atoms with Crippen molar-refractivity contribution in [2.75, 3.05) is 18.7 Å². The summed E-state index contributed by atoms with van der Waals surface area (Å²) >= 11 is 11.4. The van der Waals surface area contributed by atoms with Crippen molar-refractivity contribution in [1.82, 2.24) is 9.80 Å². The second kappa shape index (κ2) is 8.49. The van der Waals surface area contributed by atoms with Crippen LogP contribution in [0.4, 0.5) is 5.69 Å². The van der Waals surface area contributed by atoms with Crippen molar-refractivity contribution in [2.45, 2.75) is 25.9 Å². The summed E-state index contributed by atoms with van der Waals surface area (Å²) in [4.78, 5) is 28.9. The molecule has 156 valence electrons. The molecule has 1 fully saturated rings. The Morgan fingerprint density at radius 3 is 2.67 bits per heavy atom. The summed E-state index contributed by atoms with van der Waals surface area (Å²) in [6, 6.07) is 11.7. The zero-order valence-corrected chi connectivity index (χ0v) is 17.8. The molecule has 1 N–H and O–H groups in total. The van der Waals surface area contributed by atoms with E-state index in [1.54, 1.807) is 29.2 Å². The lowest BCUT2D eigenvalue weighted by atomic mass is 10.1. The van der Waals surface area contributed by atoms with Crippen molar-refractivity contribution < 1.29 is 19.1 Å². The summed E-state index contributed by atoms with van der Waals surface area (Å²) in [6.07, 6.45) is -0.0113. The topological polar surface area (TPSA) is 71.1 Å². The smallest absolute Gasteiger partial charge is 0.252 e. The predicted octanol–water partition coefficient (Wildman–Crippen LogP) is 3.42. The summed E-state index contributed by atoms with van der Waals surface area (Å²) in [5.41, 5.74) is 1.53. The number of halogens is 1. The van der Waals surface area contributed by atoms with E-state index in [1.165, 1.54) is 4.90 Å². The van der Waals surface area contributed by atoms with Crippen molar-refractivity contribution >= 4 is 46.4 Å². The van der Waals surface area contributed by atoms with Crippen LogP contribution >= 0.6 is 23.8 Å². The number of thiocarbonyl (C=S) groups is 1. The first-order valence-corrected chi connectivity index (χ1v) is 10.3. The van der Waals surface area contributed by atoms with Gasteiger partial charge in [-0.2, -0.15) is 0 Å². The van der Waals surface area contributed by atoms with Gasteiger partial charge in [-0.3, -0.25) is 14.5 Å². The lowest BCUT2D eigenvalue weighted by Gasteiger charge is -2.24. The van der Waals surface area contributed by atoms with Gasteiger partial charge >= 0.3 is 0 Å². The number of hydrogen-bond donors (Lipinski definition) is 1. The fourth-order valence-electron chi connectivity index (χ4n) is 3.52. The van der Waals surface area contributed by atoms with Gasteiger partial charge < -0.3 is 19.7 Å². The monoisotopic (exact) mass is 445 g/mol. The molecular weight excluding hydrogens is 426 g/mol. The SMILES string of the molecule is CCN1C(=O)C(CC(=O)Nc2ccc(Cl)cc2)N(Cc2ccc3c(c2)OCO3)C1=S. The fraction of sp³-hybridized carbons (Fsp3) is 0.286. The zero-order valence-electron chi connectivity index (χ0n) is 16.3. The van der Waals surface area contributed by atoms with Crippen LogP contribution in [0.5, 0.6) is 11.5 Å². The minimum atomic E-state index is -0.671. The van der Waals surface area contributed by atoms with Gasteiger partial charge in [0.25, 0.3) is 5.91 Å². The predicted molar refractivity (Wildman–Crippen MR) is 117 cm³/mol. The Balaban J connectivity index is 1.51. The van der Waals surface area contributed by atoms with E-state index in [1.807, 2.05) is 25.1 Å². The highest BCUT2D eigenvalue weighted by Crippen LogP contribution is 2.33. The lowest BCUT2D eigenvalue weighted by molar-refractivity contribution is -0.130.